The lowest BCUT2D eigenvalue weighted by atomic mass is 9.95. The number of nitrogens with one attached hydrogen (secondary N) is 1. The van der Waals surface area contributed by atoms with Crippen molar-refractivity contribution >= 4 is 10.9 Å². The minimum Gasteiger partial charge on any atom is -0.358 e. The number of hydrogen-bond donors (Lipinski definition) is 2. The molecule has 15 heavy (non-hydrogen) atoms. The zero-order chi connectivity index (χ0) is 10.8. The lowest BCUT2D eigenvalue weighted by Gasteiger charge is -2.10. The maximum absolute atomic E-state index is 5.62. The topological polar surface area (TPSA) is 41.8 Å². The lowest BCUT2D eigenvalue weighted by Crippen LogP contribution is -2.05. The van der Waals surface area contributed by atoms with Crippen molar-refractivity contribution in [1.82, 2.24) is 4.98 Å². The summed E-state index contributed by atoms with van der Waals surface area (Å²) in [5.41, 5.74) is 9.55. The standard InChI is InChI=1S/C13H18N2/c1-9(7-8-14)13-10(2)15-12-6-4-3-5-11(12)13/h3-6,9,15H,7-8,14H2,1-2H3. The number of H-pyrrole nitrogens is 1. The van der Waals surface area contributed by atoms with Crippen LogP contribution >= 0.6 is 0 Å². The predicted molar refractivity (Wildman–Crippen MR) is 65.1 cm³/mol. The molecule has 3 N–H and O–H groups in total. The molecule has 0 spiro atoms. The Hall–Kier alpha value is -1.28. The van der Waals surface area contributed by atoms with Crippen LogP contribution in [0.4, 0.5) is 0 Å². The molecule has 1 heterocycles. The minimum absolute atomic E-state index is 0.533. The number of aromatic nitrogens is 1. The van der Waals surface area contributed by atoms with Crippen LogP contribution < -0.4 is 5.73 Å². The molecule has 0 aliphatic carbocycles. The summed E-state index contributed by atoms with van der Waals surface area (Å²) in [6.45, 7) is 5.14. The smallest absolute Gasteiger partial charge is 0.0458 e. The summed E-state index contributed by atoms with van der Waals surface area (Å²) in [5, 5.41) is 1.34. The Morgan fingerprint density at radius 3 is 2.80 bits per heavy atom. The molecule has 1 aromatic carbocycles. The number of para-hydroxylation sites is 1. The van der Waals surface area contributed by atoms with Gasteiger partial charge in [-0.05, 0) is 37.4 Å². The van der Waals surface area contributed by atoms with Gasteiger partial charge < -0.3 is 10.7 Å². The van der Waals surface area contributed by atoms with Crippen molar-refractivity contribution in [3.63, 3.8) is 0 Å². The fraction of sp³-hybridized carbons (Fsp3) is 0.385. The molecule has 2 rings (SSSR count). The molecule has 80 valence electrons. The van der Waals surface area contributed by atoms with Gasteiger partial charge in [-0.1, -0.05) is 25.1 Å². The lowest BCUT2D eigenvalue weighted by molar-refractivity contribution is 0.690. The maximum atomic E-state index is 5.62. The van der Waals surface area contributed by atoms with Crippen molar-refractivity contribution < 1.29 is 0 Å². The van der Waals surface area contributed by atoms with E-state index in [9.17, 15) is 0 Å². The van der Waals surface area contributed by atoms with Crippen LogP contribution in [0.5, 0.6) is 0 Å². The summed E-state index contributed by atoms with van der Waals surface area (Å²) in [7, 11) is 0. The Morgan fingerprint density at radius 2 is 2.07 bits per heavy atom. The van der Waals surface area contributed by atoms with E-state index < -0.39 is 0 Å². The third-order valence-electron chi connectivity index (χ3n) is 3.04. The Kier molecular flexibility index (Phi) is 2.78. The minimum atomic E-state index is 0.533. The molecule has 0 fully saturated rings. The zero-order valence-corrected chi connectivity index (χ0v) is 9.38. The highest BCUT2D eigenvalue weighted by molar-refractivity contribution is 5.85. The van der Waals surface area contributed by atoms with E-state index in [1.807, 2.05) is 0 Å². The molecular weight excluding hydrogens is 184 g/mol. The largest absolute Gasteiger partial charge is 0.358 e. The molecule has 0 aliphatic rings. The van der Waals surface area contributed by atoms with Crippen molar-refractivity contribution in [1.29, 1.82) is 0 Å². The highest BCUT2D eigenvalue weighted by Gasteiger charge is 2.13. The van der Waals surface area contributed by atoms with Gasteiger partial charge in [0.05, 0.1) is 0 Å². The SMILES string of the molecule is Cc1[nH]c2ccccc2c1C(C)CCN. The van der Waals surface area contributed by atoms with Crippen LogP contribution in [0.2, 0.25) is 0 Å². The van der Waals surface area contributed by atoms with E-state index in [0.717, 1.165) is 13.0 Å². The van der Waals surface area contributed by atoms with Gasteiger partial charge in [0.1, 0.15) is 0 Å². The molecule has 1 aromatic heterocycles. The van der Waals surface area contributed by atoms with Gasteiger partial charge in [-0.25, -0.2) is 0 Å². The van der Waals surface area contributed by atoms with Crippen molar-refractivity contribution in [3.05, 3.63) is 35.5 Å². The normalized spacial score (nSPS) is 13.3. The predicted octanol–water partition coefficient (Wildman–Crippen LogP) is 2.93. The highest BCUT2D eigenvalue weighted by Crippen LogP contribution is 2.30. The Bertz CT molecular complexity index is 457. The second-order valence-electron chi connectivity index (χ2n) is 4.19. The van der Waals surface area contributed by atoms with E-state index in [4.69, 9.17) is 5.73 Å². The number of fused-ring (bicyclic) bond motifs is 1. The molecule has 1 atom stereocenters. The van der Waals surface area contributed by atoms with E-state index in [1.165, 1.54) is 22.2 Å². The molecule has 0 saturated carbocycles. The van der Waals surface area contributed by atoms with Crippen molar-refractivity contribution in [2.24, 2.45) is 5.73 Å². The molecule has 0 amide bonds. The van der Waals surface area contributed by atoms with Crippen molar-refractivity contribution in [2.75, 3.05) is 6.54 Å². The monoisotopic (exact) mass is 202 g/mol. The van der Waals surface area contributed by atoms with Gasteiger partial charge in [0.15, 0.2) is 0 Å². The number of aryl methyl sites for hydroxylation is 1. The fourth-order valence-electron chi connectivity index (χ4n) is 2.33. The van der Waals surface area contributed by atoms with Gasteiger partial charge in [0.2, 0.25) is 0 Å². The Labute approximate surface area is 90.5 Å². The maximum Gasteiger partial charge on any atom is 0.0458 e. The molecule has 2 heteroatoms. The van der Waals surface area contributed by atoms with Crippen LogP contribution in [-0.2, 0) is 0 Å². The Balaban J connectivity index is 2.53. The first-order chi connectivity index (χ1) is 7.24. The van der Waals surface area contributed by atoms with Crippen molar-refractivity contribution in [3.8, 4) is 0 Å². The van der Waals surface area contributed by atoms with Crippen LogP contribution in [0.3, 0.4) is 0 Å². The van der Waals surface area contributed by atoms with E-state index in [1.54, 1.807) is 0 Å². The summed E-state index contributed by atoms with van der Waals surface area (Å²) >= 11 is 0. The molecule has 1 unspecified atom stereocenters. The molecular formula is C13H18N2. The van der Waals surface area contributed by atoms with E-state index in [0.29, 0.717) is 5.92 Å². The van der Waals surface area contributed by atoms with E-state index >= 15 is 0 Å². The third-order valence-corrected chi connectivity index (χ3v) is 3.04. The number of hydrogen-bond acceptors (Lipinski definition) is 1. The van der Waals surface area contributed by atoms with E-state index in [-0.39, 0.29) is 0 Å². The van der Waals surface area contributed by atoms with Crippen LogP contribution in [0.1, 0.15) is 30.5 Å². The average Bonchev–Trinajstić information content (AvgIpc) is 2.54. The summed E-state index contributed by atoms with van der Waals surface area (Å²) < 4.78 is 0. The van der Waals surface area contributed by atoms with Gasteiger partial charge in [-0.3, -0.25) is 0 Å². The quantitative estimate of drug-likeness (QED) is 0.789. The zero-order valence-electron chi connectivity index (χ0n) is 9.38. The van der Waals surface area contributed by atoms with Gasteiger partial charge in [-0.15, -0.1) is 0 Å². The van der Waals surface area contributed by atoms with Gasteiger partial charge in [-0.2, -0.15) is 0 Å². The van der Waals surface area contributed by atoms with Crippen LogP contribution in [0.15, 0.2) is 24.3 Å². The van der Waals surface area contributed by atoms with Gasteiger partial charge in [0.25, 0.3) is 0 Å². The molecule has 0 aliphatic heterocycles. The van der Waals surface area contributed by atoms with Crippen LogP contribution in [0, 0.1) is 6.92 Å². The first-order valence-electron chi connectivity index (χ1n) is 5.51. The first kappa shape index (κ1) is 10.2. The second kappa shape index (κ2) is 4.07. The number of aromatic amines is 1. The summed E-state index contributed by atoms with van der Waals surface area (Å²) in [4.78, 5) is 3.43. The molecule has 0 bridgehead atoms. The Morgan fingerprint density at radius 1 is 1.33 bits per heavy atom. The average molecular weight is 202 g/mol. The molecule has 0 saturated heterocycles. The summed E-state index contributed by atoms with van der Waals surface area (Å²) in [6.07, 6.45) is 1.04. The van der Waals surface area contributed by atoms with Gasteiger partial charge >= 0.3 is 0 Å². The third kappa shape index (κ3) is 1.77. The highest BCUT2D eigenvalue weighted by atomic mass is 14.7. The van der Waals surface area contributed by atoms with Gasteiger partial charge in [0, 0.05) is 16.6 Å². The molecule has 2 nitrogen and oxygen atoms in total. The van der Waals surface area contributed by atoms with Crippen LogP contribution in [0.25, 0.3) is 10.9 Å². The number of rotatable bonds is 3. The second-order valence-corrected chi connectivity index (χ2v) is 4.19. The number of nitrogens with two attached hydrogens (primary N) is 1. The first-order valence-corrected chi connectivity index (χ1v) is 5.51. The van der Waals surface area contributed by atoms with Crippen molar-refractivity contribution in [2.45, 2.75) is 26.2 Å². The molecule has 2 aromatic rings. The van der Waals surface area contributed by atoms with Crippen LogP contribution in [-0.4, -0.2) is 11.5 Å². The molecule has 0 radical (unpaired) electrons. The fourth-order valence-corrected chi connectivity index (χ4v) is 2.33. The number of benzene rings is 1. The summed E-state index contributed by atoms with van der Waals surface area (Å²) in [5.74, 6) is 0.533. The van der Waals surface area contributed by atoms with E-state index in [2.05, 4.69) is 43.1 Å². The summed E-state index contributed by atoms with van der Waals surface area (Å²) in [6, 6.07) is 8.46.